The zero-order chi connectivity index (χ0) is 17.8. The second kappa shape index (κ2) is 7.12. The van der Waals surface area contributed by atoms with Crippen molar-refractivity contribution < 1.29 is 0 Å². The van der Waals surface area contributed by atoms with Crippen LogP contribution in [0.2, 0.25) is 0 Å². The molecule has 2 N–H and O–H groups in total. The van der Waals surface area contributed by atoms with Crippen LogP contribution in [0.5, 0.6) is 0 Å². The molecule has 2 aromatic carbocycles. The Morgan fingerprint density at radius 3 is 2.73 bits per heavy atom. The number of pyridine rings is 1. The van der Waals surface area contributed by atoms with Gasteiger partial charge in [0.2, 0.25) is 0 Å². The van der Waals surface area contributed by atoms with E-state index in [2.05, 4.69) is 38.9 Å². The molecule has 2 heterocycles. The van der Waals surface area contributed by atoms with Crippen molar-refractivity contribution in [1.29, 1.82) is 0 Å². The Bertz CT molecular complexity index is 1150. The van der Waals surface area contributed by atoms with Gasteiger partial charge in [0, 0.05) is 53.5 Å². The molecule has 0 unspecified atom stereocenters. The van der Waals surface area contributed by atoms with Crippen LogP contribution in [0.4, 0.5) is 0 Å². The summed E-state index contributed by atoms with van der Waals surface area (Å²) in [7, 11) is 0. The molecule has 4 nitrogen and oxygen atoms in total. The van der Waals surface area contributed by atoms with Crippen LogP contribution in [0.15, 0.2) is 71.9 Å². The first-order chi connectivity index (χ1) is 12.8. The normalized spacial score (nSPS) is 10.5. The van der Waals surface area contributed by atoms with Gasteiger partial charge in [-0.25, -0.2) is 4.98 Å². The first-order valence-corrected chi connectivity index (χ1v) is 8.45. The fourth-order valence-electron chi connectivity index (χ4n) is 2.89. The lowest BCUT2D eigenvalue weighted by atomic mass is 10.1. The molecule has 0 saturated carbocycles. The maximum absolute atomic E-state index is 12.8. The molecule has 0 aliphatic rings. The minimum Gasteiger partial charge on any atom is -0.361 e. The van der Waals surface area contributed by atoms with Gasteiger partial charge in [-0.15, -0.1) is 0 Å². The van der Waals surface area contributed by atoms with E-state index in [0.29, 0.717) is 23.8 Å². The molecule has 0 aliphatic carbocycles. The third-order valence-electron chi connectivity index (χ3n) is 4.24. The van der Waals surface area contributed by atoms with E-state index in [4.69, 9.17) is 0 Å². The zero-order valence-corrected chi connectivity index (χ0v) is 14.1. The van der Waals surface area contributed by atoms with E-state index in [9.17, 15) is 4.79 Å². The Morgan fingerprint density at radius 1 is 1.04 bits per heavy atom. The fourth-order valence-corrected chi connectivity index (χ4v) is 2.89. The SMILES string of the molecule is O=c1c(Cc2ncc[nH]2)c[nH]c2ccc(C#CCc3ccccc3)cc12. The first-order valence-electron chi connectivity index (χ1n) is 8.45. The van der Waals surface area contributed by atoms with Crippen LogP contribution in [0.3, 0.4) is 0 Å². The zero-order valence-electron chi connectivity index (χ0n) is 14.1. The fraction of sp³-hybridized carbons (Fsp3) is 0.0909. The van der Waals surface area contributed by atoms with Gasteiger partial charge in [-0.1, -0.05) is 42.2 Å². The molecule has 4 aromatic rings. The highest BCUT2D eigenvalue weighted by Crippen LogP contribution is 2.12. The second-order valence-electron chi connectivity index (χ2n) is 6.08. The first kappa shape index (κ1) is 15.9. The summed E-state index contributed by atoms with van der Waals surface area (Å²) in [6.45, 7) is 0. The Kier molecular flexibility index (Phi) is 4.36. The molecule has 126 valence electrons. The number of aromatic nitrogens is 3. The lowest BCUT2D eigenvalue weighted by molar-refractivity contribution is 1.01. The number of hydrogen-bond donors (Lipinski definition) is 2. The number of aromatic amines is 2. The highest BCUT2D eigenvalue weighted by molar-refractivity contribution is 5.80. The molecule has 26 heavy (non-hydrogen) atoms. The maximum atomic E-state index is 12.8. The molecule has 0 radical (unpaired) electrons. The van der Waals surface area contributed by atoms with E-state index >= 15 is 0 Å². The van der Waals surface area contributed by atoms with Crippen molar-refractivity contribution in [2.75, 3.05) is 0 Å². The van der Waals surface area contributed by atoms with Crippen molar-refractivity contribution in [3.8, 4) is 11.8 Å². The van der Waals surface area contributed by atoms with Crippen LogP contribution >= 0.6 is 0 Å². The van der Waals surface area contributed by atoms with E-state index in [1.807, 2.05) is 36.4 Å². The summed E-state index contributed by atoms with van der Waals surface area (Å²) in [6.07, 6.45) is 6.36. The summed E-state index contributed by atoms with van der Waals surface area (Å²) in [5.41, 5.74) is 3.53. The summed E-state index contributed by atoms with van der Waals surface area (Å²) in [4.78, 5) is 23.2. The predicted octanol–water partition coefficient (Wildman–Crippen LogP) is 3.44. The van der Waals surface area contributed by atoms with Gasteiger partial charge in [-0.3, -0.25) is 4.79 Å². The van der Waals surface area contributed by atoms with Crippen LogP contribution in [-0.4, -0.2) is 15.0 Å². The molecular formula is C22H17N3O. The van der Waals surface area contributed by atoms with E-state index in [-0.39, 0.29) is 5.43 Å². The third kappa shape index (κ3) is 3.42. The molecule has 0 amide bonds. The van der Waals surface area contributed by atoms with Gasteiger partial charge in [0.15, 0.2) is 5.43 Å². The van der Waals surface area contributed by atoms with E-state index < -0.39 is 0 Å². The highest BCUT2D eigenvalue weighted by atomic mass is 16.1. The Balaban J connectivity index is 1.63. The van der Waals surface area contributed by atoms with Crippen LogP contribution < -0.4 is 5.43 Å². The smallest absolute Gasteiger partial charge is 0.193 e. The number of benzene rings is 2. The highest BCUT2D eigenvalue weighted by Gasteiger charge is 2.07. The number of H-pyrrole nitrogens is 2. The Hall–Kier alpha value is -3.58. The quantitative estimate of drug-likeness (QED) is 0.562. The van der Waals surface area contributed by atoms with E-state index in [0.717, 1.165) is 16.9 Å². The van der Waals surface area contributed by atoms with Gasteiger partial charge in [0.1, 0.15) is 5.82 Å². The molecule has 4 rings (SSSR count). The lowest BCUT2D eigenvalue weighted by Gasteiger charge is -2.03. The largest absolute Gasteiger partial charge is 0.361 e. The number of rotatable bonds is 3. The molecule has 0 bridgehead atoms. The van der Waals surface area contributed by atoms with Gasteiger partial charge in [-0.2, -0.15) is 0 Å². The molecule has 0 atom stereocenters. The minimum absolute atomic E-state index is 0.0156. The topological polar surface area (TPSA) is 61.5 Å². The van der Waals surface area contributed by atoms with Gasteiger partial charge in [0.25, 0.3) is 0 Å². The van der Waals surface area contributed by atoms with Gasteiger partial charge in [-0.05, 0) is 23.8 Å². The molecular weight excluding hydrogens is 322 g/mol. The third-order valence-corrected chi connectivity index (χ3v) is 4.24. The van der Waals surface area contributed by atoms with Crippen molar-refractivity contribution >= 4 is 10.9 Å². The molecule has 0 aliphatic heterocycles. The van der Waals surface area contributed by atoms with Gasteiger partial charge < -0.3 is 9.97 Å². The summed E-state index contributed by atoms with van der Waals surface area (Å²) in [6, 6.07) is 15.8. The van der Waals surface area contributed by atoms with E-state index in [1.54, 1.807) is 18.6 Å². The number of fused-ring (bicyclic) bond motifs is 1. The predicted molar refractivity (Wildman–Crippen MR) is 103 cm³/mol. The number of hydrogen-bond acceptors (Lipinski definition) is 2. The van der Waals surface area contributed by atoms with Crippen LogP contribution in [-0.2, 0) is 12.8 Å². The van der Waals surface area contributed by atoms with Crippen LogP contribution in [0, 0.1) is 11.8 Å². The molecule has 2 aromatic heterocycles. The van der Waals surface area contributed by atoms with Gasteiger partial charge >= 0.3 is 0 Å². The van der Waals surface area contributed by atoms with Crippen molar-refractivity contribution in [2.24, 2.45) is 0 Å². The summed E-state index contributed by atoms with van der Waals surface area (Å²) >= 11 is 0. The average molecular weight is 339 g/mol. The van der Waals surface area contributed by atoms with E-state index in [1.165, 1.54) is 5.56 Å². The second-order valence-corrected chi connectivity index (χ2v) is 6.08. The monoisotopic (exact) mass is 339 g/mol. The van der Waals surface area contributed by atoms with Crippen molar-refractivity contribution in [3.63, 3.8) is 0 Å². The van der Waals surface area contributed by atoms with Crippen LogP contribution in [0.25, 0.3) is 10.9 Å². The Labute approximate surface area is 150 Å². The average Bonchev–Trinajstić information content (AvgIpc) is 3.18. The molecule has 0 saturated heterocycles. The van der Waals surface area contributed by atoms with Crippen molar-refractivity contribution in [1.82, 2.24) is 15.0 Å². The summed E-state index contributed by atoms with van der Waals surface area (Å²) < 4.78 is 0. The number of nitrogens with one attached hydrogen (secondary N) is 2. The summed E-state index contributed by atoms with van der Waals surface area (Å²) in [5.74, 6) is 7.10. The molecule has 0 spiro atoms. The summed E-state index contributed by atoms with van der Waals surface area (Å²) in [5, 5.41) is 0.653. The molecule has 0 fully saturated rings. The number of imidazole rings is 1. The standard InChI is InChI=1S/C22H17N3O/c26-22-18(14-21-23-11-12-24-21)15-25-20-10-9-17(13-19(20)22)8-4-7-16-5-2-1-3-6-16/h1-3,5-6,9-13,15H,7,14H2,(H,23,24)(H,25,26). The van der Waals surface area contributed by atoms with Crippen molar-refractivity contribution in [2.45, 2.75) is 12.8 Å². The van der Waals surface area contributed by atoms with Crippen molar-refractivity contribution in [3.05, 3.63) is 99.9 Å². The molecule has 4 heteroatoms. The minimum atomic E-state index is 0.0156. The van der Waals surface area contributed by atoms with Crippen LogP contribution in [0.1, 0.15) is 22.5 Å². The Morgan fingerprint density at radius 2 is 1.92 bits per heavy atom. The van der Waals surface area contributed by atoms with Gasteiger partial charge in [0.05, 0.1) is 0 Å². The lowest BCUT2D eigenvalue weighted by Crippen LogP contribution is -2.11. The number of nitrogens with zero attached hydrogens (tertiary/aromatic N) is 1. The maximum Gasteiger partial charge on any atom is 0.193 e.